The van der Waals surface area contributed by atoms with Gasteiger partial charge in [-0.05, 0) is 82.9 Å². The van der Waals surface area contributed by atoms with Gasteiger partial charge in [-0.3, -0.25) is 10.8 Å². The van der Waals surface area contributed by atoms with Gasteiger partial charge in [0.2, 0.25) is 0 Å². The van der Waals surface area contributed by atoms with Crippen molar-refractivity contribution in [3.63, 3.8) is 0 Å². The van der Waals surface area contributed by atoms with Gasteiger partial charge in [0.25, 0.3) is 0 Å². The maximum atomic E-state index is 8.53. The zero-order chi connectivity index (χ0) is 34.1. The first-order valence-electron chi connectivity index (χ1n) is 16.2. The van der Waals surface area contributed by atoms with E-state index < -0.39 is 0 Å². The van der Waals surface area contributed by atoms with Crippen LogP contribution in [0, 0.1) is 10.8 Å². The highest BCUT2D eigenvalue weighted by Crippen LogP contribution is 2.30. The van der Waals surface area contributed by atoms with Crippen LogP contribution in [0.1, 0.15) is 11.1 Å². The molecule has 7 rings (SSSR count). The number of nitrogens with one attached hydrogen (secondary N) is 4. The van der Waals surface area contributed by atoms with Crippen molar-refractivity contribution in [1.82, 2.24) is 0 Å². The Kier molecular flexibility index (Phi) is 9.42. The Morgan fingerprint density at radius 2 is 0.700 bits per heavy atom. The van der Waals surface area contributed by atoms with Gasteiger partial charge in [0.15, 0.2) is 0 Å². The van der Waals surface area contributed by atoms with Crippen LogP contribution >= 0.6 is 0 Å². The maximum Gasteiger partial charge on any atom is 0.131 e. The molecular formula is C44H34N4O2. The summed E-state index contributed by atoms with van der Waals surface area (Å²) in [7, 11) is 0. The SMILES string of the molecule is N=C(Nc1ccc(Oc2cccc(Oc3ccc(NC(=N)c4ccc(-c5ccccc5)cc4)cc3)c2)cc1)c1ccc(-c2ccccc2)cc1. The van der Waals surface area contributed by atoms with E-state index in [2.05, 4.69) is 34.9 Å². The number of amidine groups is 2. The molecule has 0 atom stereocenters. The average Bonchev–Trinajstić information content (AvgIpc) is 3.17. The lowest BCUT2D eigenvalue weighted by atomic mass is 10.0. The summed E-state index contributed by atoms with van der Waals surface area (Å²) in [6, 6.07) is 58.8. The van der Waals surface area contributed by atoms with Crippen LogP contribution in [0.25, 0.3) is 22.3 Å². The topological polar surface area (TPSA) is 90.2 Å². The molecule has 6 heteroatoms. The van der Waals surface area contributed by atoms with Crippen LogP contribution in [-0.4, -0.2) is 11.7 Å². The van der Waals surface area contributed by atoms with Gasteiger partial charge in [-0.15, -0.1) is 0 Å². The second kappa shape index (κ2) is 14.9. The Morgan fingerprint density at radius 1 is 0.340 bits per heavy atom. The number of benzene rings is 7. The van der Waals surface area contributed by atoms with Crippen molar-refractivity contribution in [3.8, 4) is 45.3 Å². The van der Waals surface area contributed by atoms with Gasteiger partial charge in [-0.2, -0.15) is 0 Å². The van der Waals surface area contributed by atoms with Crippen LogP contribution in [0.5, 0.6) is 23.0 Å². The van der Waals surface area contributed by atoms with E-state index in [9.17, 15) is 0 Å². The molecule has 0 aliphatic rings. The molecule has 0 aliphatic heterocycles. The summed E-state index contributed by atoms with van der Waals surface area (Å²) in [4.78, 5) is 0. The fourth-order valence-corrected chi connectivity index (χ4v) is 5.44. The van der Waals surface area contributed by atoms with Gasteiger partial charge in [0.05, 0.1) is 0 Å². The highest BCUT2D eigenvalue weighted by Gasteiger charge is 2.07. The minimum absolute atomic E-state index is 0.319. The minimum atomic E-state index is 0.319. The van der Waals surface area contributed by atoms with E-state index in [0.29, 0.717) is 34.7 Å². The predicted molar refractivity (Wildman–Crippen MR) is 204 cm³/mol. The summed E-state index contributed by atoms with van der Waals surface area (Å²) in [5.41, 5.74) is 7.71. The summed E-state index contributed by atoms with van der Waals surface area (Å²) in [5.74, 6) is 3.25. The van der Waals surface area contributed by atoms with Crippen molar-refractivity contribution in [2.75, 3.05) is 10.6 Å². The first kappa shape index (κ1) is 31.7. The molecular weight excluding hydrogens is 617 g/mol. The molecule has 6 nitrogen and oxygen atoms in total. The quantitative estimate of drug-likeness (QED) is 0.0876. The van der Waals surface area contributed by atoms with Crippen LogP contribution in [0.3, 0.4) is 0 Å². The second-order valence-corrected chi connectivity index (χ2v) is 11.6. The molecule has 0 unspecified atom stereocenters. The molecule has 0 spiro atoms. The normalized spacial score (nSPS) is 10.6. The number of hydrogen-bond donors (Lipinski definition) is 4. The lowest BCUT2D eigenvalue weighted by Crippen LogP contribution is -2.11. The molecule has 0 bridgehead atoms. The molecule has 242 valence electrons. The van der Waals surface area contributed by atoms with Crippen molar-refractivity contribution in [2.24, 2.45) is 0 Å². The summed E-state index contributed by atoms with van der Waals surface area (Å²) < 4.78 is 12.2. The molecule has 0 radical (unpaired) electrons. The highest BCUT2D eigenvalue weighted by atomic mass is 16.5. The fourth-order valence-electron chi connectivity index (χ4n) is 5.44. The Hall–Kier alpha value is -6.92. The van der Waals surface area contributed by atoms with E-state index in [1.165, 1.54) is 0 Å². The van der Waals surface area contributed by atoms with Crippen LogP contribution in [0.2, 0.25) is 0 Å². The zero-order valence-electron chi connectivity index (χ0n) is 27.1. The molecule has 7 aromatic carbocycles. The fraction of sp³-hybridized carbons (Fsp3) is 0. The smallest absolute Gasteiger partial charge is 0.131 e. The summed E-state index contributed by atoms with van der Waals surface area (Å²) in [6.07, 6.45) is 0. The molecule has 0 saturated carbocycles. The van der Waals surface area contributed by atoms with Gasteiger partial charge in [-0.25, -0.2) is 0 Å². The van der Waals surface area contributed by atoms with Gasteiger partial charge in [-0.1, -0.05) is 115 Å². The maximum absolute atomic E-state index is 8.53. The van der Waals surface area contributed by atoms with E-state index in [4.69, 9.17) is 20.3 Å². The number of hydrogen-bond acceptors (Lipinski definition) is 4. The van der Waals surface area contributed by atoms with Crippen LogP contribution in [-0.2, 0) is 0 Å². The van der Waals surface area contributed by atoms with E-state index in [1.807, 2.05) is 158 Å². The Morgan fingerprint density at radius 3 is 1.08 bits per heavy atom. The summed E-state index contributed by atoms with van der Waals surface area (Å²) in [6.45, 7) is 0. The highest BCUT2D eigenvalue weighted by molar-refractivity contribution is 6.07. The van der Waals surface area contributed by atoms with Gasteiger partial charge < -0.3 is 20.1 Å². The largest absolute Gasteiger partial charge is 0.457 e. The molecule has 0 amide bonds. The van der Waals surface area contributed by atoms with E-state index in [0.717, 1.165) is 44.8 Å². The van der Waals surface area contributed by atoms with Crippen molar-refractivity contribution in [3.05, 3.63) is 193 Å². The van der Waals surface area contributed by atoms with Crippen LogP contribution in [0.4, 0.5) is 11.4 Å². The second-order valence-electron chi connectivity index (χ2n) is 11.6. The minimum Gasteiger partial charge on any atom is -0.457 e. The third kappa shape index (κ3) is 7.95. The first-order chi connectivity index (χ1) is 24.6. The molecule has 50 heavy (non-hydrogen) atoms. The van der Waals surface area contributed by atoms with Gasteiger partial charge in [0.1, 0.15) is 34.7 Å². The van der Waals surface area contributed by atoms with E-state index in [1.54, 1.807) is 0 Å². The zero-order valence-corrected chi connectivity index (χ0v) is 27.1. The lowest BCUT2D eigenvalue weighted by Gasteiger charge is -2.12. The molecule has 0 aromatic heterocycles. The third-order valence-electron chi connectivity index (χ3n) is 8.09. The number of rotatable bonds is 10. The Bertz CT molecular complexity index is 2040. The van der Waals surface area contributed by atoms with Crippen molar-refractivity contribution in [2.45, 2.75) is 0 Å². The van der Waals surface area contributed by atoms with Crippen LogP contribution < -0.4 is 20.1 Å². The summed E-state index contributed by atoms with van der Waals surface area (Å²) in [5, 5.41) is 23.4. The molecule has 7 aromatic rings. The van der Waals surface area contributed by atoms with Gasteiger partial charge >= 0.3 is 0 Å². The van der Waals surface area contributed by atoms with Crippen molar-refractivity contribution >= 4 is 23.0 Å². The molecule has 0 aliphatic carbocycles. The summed E-state index contributed by atoms with van der Waals surface area (Å²) >= 11 is 0. The Labute approximate surface area is 291 Å². The lowest BCUT2D eigenvalue weighted by molar-refractivity contribution is 0.460. The van der Waals surface area contributed by atoms with Crippen LogP contribution in [0.15, 0.2) is 182 Å². The van der Waals surface area contributed by atoms with E-state index >= 15 is 0 Å². The molecule has 0 heterocycles. The molecule has 0 fully saturated rings. The predicted octanol–water partition coefficient (Wildman–Crippen LogP) is 11.5. The third-order valence-corrected chi connectivity index (χ3v) is 8.09. The van der Waals surface area contributed by atoms with Gasteiger partial charge in [0, 0.05) is 28.6 Å². The van der Waals surface area contributed by atoms with Crippen molar-refractivity contribution in [1.29, 1.82) is 10.8 Å². The average molecular weight is 651 g/mol. The monoisotopic (exact) mass is 650 g/mol. The first-order valence-corrected chi connectivity index (χ1v) is 16.2. The molecule has 4 N–H and O–H groups in total. The molecule has 0 saturated heterocycles. The van der Waals surface area contributed by atoms with Crippen molar-refractivity contribution < 1.29 is 9.47 Å². The number of ether oxygens (including phenoxy) is 2. The standard InChI is InChI=1S/C44H34N4O2/c45-43(35-18-14-33(15-19-35)31-8-3-1-4-9-31)47-37-22-26-39(27-23-37)49-41-12-7-13-42(30-41)50-40-28-24-38(25-29-40)48-44(46)36-20-16-34(17-21-36)32-10-5-2-6-11-32/h1-30H,(H2,45,47)(H2,46,48). The Balaban J connectivity index is 0.912. The van der Waals surface area contributed by atoms with E-state index in [-0.39, 0.29) is 0 Å². The number of anilines is 2.